The van der Waals surface area contributed by atoms with Gasteiger partial charge in [-0.25, -0.2) is 10.8 Å². The van der Waals surface area contributed by atoms with E-state index in [-0.39, 0.29) is 5.60 Å². The molecule has 2 heterocycles. The van der Waals surface area contributed by atoms with E-state index in [1.807, 2.05) is 32.2 Å². The van der Waals surface area contributed by atoms with E-state index in [1.54, 1.807) is 0 Å². The van der Waals surface area contributed by atoms with Gasteiger partial charge in [-0.3, -0.25) is 5.43 Å². The molecular weight excluding hydrogens is 264 g/mol. The van der Waals surface area contributed by atoms with Gasteiger partial charge in [0.15, 0.2) is 0 Å². The molecule has 0 aliphatic heterocycles. The second-order valence-corrected chi connectivity index (χ2v) is 5.84. The van der Waals surface area contributed by atoms with Crippen LogP contribution in [0.4, 0.5) is 5.95 Å². The number of nitrogens with two attached hydrogens (primary N) is 1. The molecule has 3 N–H and O–H groups in total. The monoisotopic (exact) mass is 282 g/mol. The lowest BCUT2D eigenvalue weighted by Crippen LogP contribution is -2.22. The average molecular weight is 282 g/mol. The summed E-state index contributed by atoms with van der Waals surface area (Å²) in [5.41, 5.74) is 2.27. The van der Waals surface area contributed by atoms with Crippen molar-refractivity contribution in [1.82, 2.24) is 9.97 Å². The van der Waals surface area contributed by atoms with Gasteiger partial charge in [0.1, 0.15) is 11.4 Å². The molecule has 0 saturated carbocycles. The Morgan fingerprint density at radius 3 is 2.79 bits per heavy atom. The van der Waals surface area contributed by atoms with Crippen LogP contribution in [0.15, 0.2) is 11.4 Å². The highest BCUT2D eigenvalue weighted by atomic mass is 32.1. The Bertz CT molecular complexity index is 550. The largest absolute Gasteiger partial charge is 0.475 e. The van der Waals surface area contributed by atoms with Gasteiger partial charge >= 0.3 is 0 Å². The van der Waals surface area contributed by atoms with Crippen LogP contribution in [-0.4, -0.2) is 28.8 Å². The number of aromatic nitrogens is 2. The minimum Gasteiger partial charge on any atom is -0.475 e. The van der Waals surface area contributed by atoms with Crippen LogP contribution < -0.4 is 16.0 Å². The number of hydrogen-bond acceptors (Lipinski definition) is 7. The first-order valence-corrected chi connectivity index (χ1v) is 6.86. The molecule has 2 rings (SSSR count). The molecule has 0 atom stereocenters. The number of rotatable bonds is 5. The number of nitrogen functional groups attached to an aromatic ring is 1. The standard InChI is InChI=1S/C12H18N4O2S/c1-12(2,3)18-6-5-17-9-8-4-7-19-10(8)15-11(14-9)16-13/h4,7H,5-6,13H2,1-3H3,(H,14,15,16). The second kappa shape index (κ2) is 5.68. The molecule has 0 radical (unpaired) electrons. The van der Waals surface area contributed by atoms with Gasteiger partial charge in [0.25, 0.3) is 0 Å². The molecule has 2 aromatic heterocycles. The van der Waals surface area contributed by atoms with Crippen molar-refractivity contribution in [3.8, 4) is 5.88 Å². The van der Waals surface area contributed by atoms with E-state index in [2.05, 4.69) is 15.4 Å². The predicted molar refractivity (Wildman–Crippen MR) is 76.4 cm³/mol. The third-order valence-electron chi connectivity index (χ3n) is 2.28. The Labute approximate surface area is 115 Å². The molecule has 0 aliphatic carbocycles. The highest BCUT2D eigenvalue weighted by molar-refractivity contribution is 7.16. The maximum atomic E-state index is 5.65. The first-order valence-electron chi connectivity index (χ1n) is 5.98. The van der Waals surface area contributed by atoms with E-state index < -0.39 is 0 Å². The Balaban J connectivity index is 2.05. The minimum absolute atomic E-state index is 0.170. The van der Waals surface area contributed by atoms with Crippen LogP contribution in [0.5, 0.6) is 5.88 Å². The van der Waals surface area contributed by atoms with E-state index in [0.717, 1.165) is 10.2 Å². The molecule has 0 bridgehead atoms. The molecule has 104 valence electrons. The van der Waals surface area contributed by atoms with Crippen LogP contribution >= 0.6 is 11.3 Å². The summed E-state index contributed by atoms with van der Waals surface area (Å²) in [6.07, 6.45) is 0. The zero-order valence-electron chi connectivity index (χ0n) is 11.3. The molecule has 0 spiro atoms. The third kappa shape index (κ3) is 3.76. The Kier molecular flexibility index (Phi) is 4.18. The molecule has 7 heteroatoms. The van der Waals surface area contributed by atoms with Gasteiger partial charge in [-0.1, -0.05) is 0 Å². The SMILES string of the molecule is CC(C)(C)OCCOc1nc(NN)nc2sccc12. The van der Waals surface area contributed by atoms with Crippen LogP contribution in [0.25, 0.3) is 10.2 Å². The number of nitrogens with one attached hydrogen (secondary N) is 1. The van der Waals surface area contributed by atoms with E-state index >= 15 is 0 Å². The van der Waals surface area contributed by atoms with Gasteiger partial charge in [0.2, 0.25) is 11.8 Å². The van der Waals surface area contributed by atoms with Crippen LogP contribution in [0.2, 0.25) is 0 Å². The second-order valence-electron chi connectivity index (χ2n) is 4.95. The van der Waals surface area contributed by atoms with Gasteiger partial charge in [0, 0.05) is 0 Å². The Morgan fingerprint density at radius 2 is 2.11 bits per heavy atom. The van der Waals surface area contributed by atoms with E-state index in [0.29, 0.717) is 25.0 Å². The van der Waals surface area contributed by atoms with Gasteiger partial charge in [-0.05, 0) is 32.2 Å². The van der Waals surface area contributed by atoms with Gasteiger partial charge < -0.3 is 9.47 Å². The number of nitrogens with zero attached hydrogens (tertiary/aromatic N) is 2. The van der Waals surface area contributed by atoms with E-state index in [4.69, 9.17) is 15.3 Å². The Morgan fingerprint density at radius 1 is 1.32 bits per heavy atom. The summed E-state index contributed by atoms with van der Waals surface area (Å²) in [5.74, 6) is 6.21. The first kappa shape index (κ1) is 14.0. The third-order valence-corrected chi connectivity index (χ3v) is 3.08. The molecule has 2 aromatic rings. The molecule has 0 aromatic carbocycles. The average Bonchev–Trinajstić information content (AvgIpc) is 2.81. The first-order chi connectivity index (χ1) is 8.99. The van der Waals surface area contributed by atoms with E-state index in [1.165, 1.54) is 11.3 Å². The van der Waals surface area contributed by atoms with Crippen LogP contribution in [0.3, 0.4) is 0 Å². The summed E-state index contributed by atoms with van der Waals surface area (Å²) in [4.78, 5) is 9.29. The molecule has 19 heavy (non-hydrogen) atoms. The van der Waals surface area contributed by atoms with Gasteiger partial charge in [0.05, 0.1) is 17.6 Å². The van der Waals surface area contributed by atoms with Crippen molar-refractivity contribution in [2.45, 2.75) is 26.4 Å². The van der Waals surface area contributed by atoms with Gasteiger partial charge in [-0.2, -0.15) is 4.98 Å². The minimum atomic E-state index is -0.170. The van der Waals surface area contributed by atoms with Crippen molar-refractivity contribution in [3.05, 3.63) is 11.4 Å². The summed E-state index contributed by atoms with van der Waals surface area (Å²) in [6.45, 7) is 6.95. The van der Waals surface area contributed by atoms with Crippen molar-refractivity contribution in [2.24, 2.45) is 5.84 Å². The summed E-state index contributed by atoms with van der Waals surface area (Å²) in [7, 11) is 0. The number of ether oxygens (including phenoxy) is 2. The number of fused-ring (bicyclic) bond motifs is 1. The molecule has 0 fully saturated rings. The lowest BCUT2D eigenvalue weighted by Gasteiger charge is -2.19. The van der Waals surface area contributed by atoms with Crippen molar-refractivity contribution in [1.29, 1.82) is 0 Å². The lowest BCUT2D eigenvalue weighted by molar-refractivity contribution is -0.0166. The number of hydrogen-bond donors (Lipinski definition) is 2. The number of thiophene rings is 1. The summed E-state index contributed by atoms with van der Waals surface area (Å²) >= 11 is 1.52. The maximum Gasteiger partial charge on any atom is 0.241 e. The number of anilines is 1. The quantitative estimate of drug-likeness (QED) is 0.497. The normalized spacial score (nSPS) is 11.8. The molecular formula is C12H18N4O2S. The Hall–Kier alpha value is -1.44. The zero-order chi connectivity index (χ0) is 13.9. The van der Waals surface area contributed by atoms with Crippen LogP contribution in [0.1, 0.15) is 20.8 Å². The van der Waals surface area contributed by atoms with Crippen molar-refractivity contribution >= 4 is 27.5 Å². The maximum absolute atomic E-state index is 5.65. The fourth-order valence-electron chi connectivity index (χ4n) is 1.49. The molecule has 0 aliphatic rings. The predicted octanol–water partition coefficient (Wildman–Crippen LogP) is 2.17. The molecule has 0 amide bonds. The summed E-state index contributed by atoms with van der Waals surface area (Å²) < 4.78 is 11.2. The molecule has 0 saturated heterocycles. The highest BCUT2D eigenvalue weighted by Gasteiger charge is 2.12. The van der Waals surface area contributed by atoms with Crippen molar-refractivity contribution < 1.29 is 9.47 Å². The molecule has 6 nitrogen and oxygen atoms in total. The van der Waals surface area contributed by atoms with E-state index in [9.17, 15) is 0 Å². The number of hydrazine groups is 1. The van der Waals surface area contributed by atoms with Crippen LogP contribution in [0, 0.1) is 0 Å². The fourth-order valence-corrected chi connectivity index (χ4v) is 2.24. The molecule has 0 unspecified atom stereocenters. The topological polar surface area (TPSA) is 82.3 Å². The van der Waals surface area contributed by atoms with Gasteiger partial charge in [-0.15, -0.1) is 11.3 Å². The van der Waals surface area contributed by atoms with Crippen molar-refractivity contribution in [2.75, 3.05) is 18.6 Å². The fraction of sp³-hybridized carbons (Fsp3) is 0.500. The lowest BCUT2D eigenvalue weighted by atomic mass is 10.2. The summed E-state index contributed by atoms with van der Waals surface area (Å²) in [5, 5.41) is 2.83. The van der Waals surface area contributed by atoms with Crippen LogP contribution in [-0.2, 0) is 4.74 Å². The highest BCUT2D eigenvalue weighted by Crippen LogP contribution is 2.27. The zero-order valence-corrected chi connectivity index (χ0v) is 12.1. The smallest absolute Gasteiger partial charge is 0.241 e. The summed E-state index contributed by atoms with van der Waals surface area (Å²) in [6, 6.07) is 1.93. The van der Waals surface area contributed by atoms with Crippen molar-refractivity contribution in [3.63, 3.8) is 0 Å².